The van der Waals surface area contributed by atoms with E-state index in [4.69, 9.17) is 5.73 Å². The van der Waals surface area contributed by atoms with Gasteiger partial charge in [0.05, 0.1) is 16.2 Å². The molecule has 21 heavy (non-hydrogen) atoms. The van der Waals surface area contributed by atoms with Crippen molar-refractivity contribution in [1.29, 1.82) is 0 Å². The fraction of sp³-hybridized carbons (Fsp3) is 0.571. The van der Waals surface area contributed by atoms with Gasteiger partial charge in [-0.1, -0.05) is 25.7 Å². The molecular formula is C14H21FN2O3S. The molecular weight excluding hydrogens is 295 g/mol. The zero-order valence-corrected chi connectivity index (χ0v) is 12.6. The molecule has 1 aromatic rings. The maximum atomic E-state index is 13.1. The van der Waals surface area contributed by atoms with E-state index in [1.807, 2.05) is 0 Å². The van der Waals surface area contributed by atoms with Gasteiger partial charge in [0, 0.05) is 6.54 Å². The zero-order valence-electron chi connectivity index (χ0n) is 11.8. The Kier molecular flexibility index (Phi) is 4.85. The van der Waals surface area contributed by atoms with Gasteiger partial charge >= 0.3 is 0 Å². The molecule has 0 aromatic heterocycles. The topological polar surface area (TPSA) is 92.4 Å². The lowest BCUT2D eigenvalue weighted by Gasteiger charge is -2.26. The monoisotopic (exact) mass is 316 g/mol. The third-order valence-electron chi connectivity index (χ3n) is 3.90. The fourth-order valence-electron chi connectivity index (χ4n) is 2.57. The quantitative estimate of drug-likeness (QED) is 0.583. The van der Waals surface area contributed by atoms with E-state index >= 15 is 0 Å². The van der Waals surface area contributed by atoms with Crippen LogP contribution in [0, 0.1) is 5.82 Å². The van der Waals surface area contributed by atoms with Crippen molar-refractivity contribution in [3.63, 3.8) is 0 Å². The van der Waals surface area contributed by atoms with Crippen LogP contribution in [-0.4, -0.2) is 25.7 Å². The molecule has 0 amide bonds. The molecule has 1 aromatic carbocycles. The molecule has 2 rings (SSSR count). The lowest BCUT2D eigenvalue weighted by molar-refractivity contribution is 0.0303. The average molecular weight is 316 g/mol. The fourth-order valence-corrected chi connectivity index (χ4v) is 3.72. The van der Waals surface area contributed by atoms with E-state index < -0.39 is 21.4 Å². The van der Waals surface area contributed by atoms with Crippen LogP contribution in [0.2, 0.25) is 0 Å². The summed E-state index contributed by atoms with van der Waals surface area (Å²) in [5, 5.41) is 10.4. The molecule has 0 atom stereocenters. The second-order valence-electron chi connectivity index (χ2n) is 5.65. The summed E-state index contributed by atoms with van der Waals surface area (Å²) in [6.07, 6.45) is 5.07. The van der Waals surface area contributed by atoms with Crippen LogP contribution in [0.1, 0.15) is 38.5 Å². The highest BCUT2D eigenvalue weighted by molar-refractivity contribution is 7.89. The SMILES string of the molecule is Nc1cc(S(=O)(=O)NCC2(O)CCCCCC2)ccc1F. The van der Waals surface area contributed by atoms with Crippen molar-refractivity contribution in [2.75, 3.05) is 12.3 Å². The first-order valence-electron chi connectivity index (χ1n) is 7.10. The van der Waals surface area contributed by atoms with Crippen molar-refractivity contribution < 1.29 is 17.9 Å². The van der Waals surface area contributed by atoms with Crippen LogP contribution in [0.4, 0.5) is 10.1 Å². The third-order valence-corrected chi connectivity index (χ3v) is 5.30. The van der Waals surface area contributed by atoms with Crippen molar-refractivity contribution >= 4 is 15.7 Å². The van der Waals surface area contributed by atoms with Crippen molar-refractivity contribution in [2.45, 2.75) is 49.0 Å². The van der Waals surface area contributed by atoms with Crippen LogP contribution in [-0.2, 0) is 10.0 Å². The molecule has 0 saturated heterocycles. The first kappa shape index (κ1) is 16.2. The number of nitrogens with one attached hydrogen (secondary N) is 1. The smallest absolute Gasteiger partial charge is 0.240 e. The van der Waals surface area contributed by atoms with Gasteiger partial charge in [0.1, 0.15) is 5.82 Å². The van der Waals surface area contributed by atoms with E-state index in [9.17, 15) is 17.9 Å². The Balaban J connectivity index is 2.08. The number of halogens is 1. The summed E-state index contributed by atoms with van der Waals surface area (Å²) in [7, 11) is -3.81. The molecule has 118 valence electrons. The second kappa shape index (κ2) is 6.29. The molecule has 1 aliphatic carbocycles. The highest BCUT2D eigenvalue weighted by Gasteiger charge is 2.30. The number of nitrogen functional groups attached to an aromatic ring is 1. The zero-order chi connectivity index (χ0) is 15.5. The van der Waals surface area contributed by atoms with Crippen molar-refractivity contribution in [1.82, 2.24) is 4.72 Å². The van der Waals surface area contributed by atoms with Crippen LogP contribution in [0.25, 0.3) is 0 Å². The Morgan fingerprint density at radius 2 is 1.86 bits per heavy atom. The lowest BCUT2D eigenvalue weighted by Crippen LogP contribution is -2.42. The number of nitrogens with two attached hydrogens (primary N) is 1. The lowest BCUT2D eigenvalue weighted by atomic mass is 9.95. The molecule has 5 nitrogen and oxygen atoms in total. The summed E-state index contributed by atoms with van der Waals surface area (Å²) in [4.78, 5) is -0.0985. The molecule has 7 heteroatoms. The van der Waals surface area contributed by atoms with Gasteiger partial charge in [-0.3, -0.25) is 0 Å². The number of anilines is 1. The highest BCUT2D eigenvalue weighted by Crippen LogP contribution is 2.27. The minimum Gasteiger partial charge on any atom is -0.396 e. The summed E-state index contributed by atoms with van der Waals surface area (Å²) in [5.41, 5.74) is 4.16. The number of benzene rings is 1. The van der Waals surface area contributed by atoms with Crippen LogP contribution in [0.3, 0.4) is 0 Å². The van der Waals surface area contributed by atoms with Crippen molar-refractivity contribution in [2.24, 2.45) is 0 Å². The second-order valence-corrected chi connectivity index (χ2v) is 7.41. The third kappa shape index (κ3) is 4.15. The minimum atomic E-state index is -3.81. The summed E-state index contributed by atoms with van der Waals surface area (Å²) in [6.45, 7) is -0.0351. The Bertz CT molecular complexity index is 596. The van der Waals surface area contributed by atoms with E-state index in [2.05, 4.69) is 4.72 Å². The van der Waals surface area contributed by atoms with E-state index in [1.54, 1.807) is 0 Å². The van der Waals surface area contributed by atoms with Gasteiger partial charge < -0.3 is 10.8 Å². The highest BCUT2D eigenvalue weighted by atomic mass is 32.2. The molecule has 1 fully saturated rings. The molecule has 0 spiro atoms. The Morgan fingerprint density at radius 1 is 1.24 bits per heavy atom. The molecule has 1 aliphatic rings. The number of aliphatic hydroxyl groups is 1. The van der Waals surface area contributed by atoms with Gasteiger partial charge in [0.2, 0.25) is 10.0 Å². The van der Waals surface area contributed by atoms with Crippen LogP contribution >= 0.6 is 0 Å². The predicted octanol–water partition coefficient (Wildman–Crippen LogP) is 1.77. The molecule has 0 radical (unpaired) electrons. The molecule has 0 unspecified atom stereocenters. The van der Waals surface area contributed by atoms with Gasteiger partial charge in [-0.2, -0.15) is 0 Å². The van der Waals surface area contributed by atoms with Crippen molar-refractivity contribution in [3.8, 4) is 0 Å². The number of hydrogen-bond acceptors (Lipinski definition) is 4. The largest absolute Gasteiger partial charge is 0.396 e. The molecule has 1 saturated carbocycles. The van der Waals surface area contributed by atoms with Crippen LogP contribution < -0.4 is 10.5 Å². The molecule has 0 heterocycles. The van der Waals surface area contributed by atoms with Crippen LogP contribution in [0.15, 0.2) is 23.1 Å². The Labute approximate surface area is 124 Å². The summed E-state index contributed by atoms with van der Waals surface area (Å²) in [5.74, 6) is -0.656. The van der Waals surface area contributed by atoms with E-state index in [0.717, 1.165) is 43.9 Å². The molecule has 4 N–H and O–H groups in total. The Morgan fingerprint density at radius 3 is 2.43 bits per heavy atom. The average Bonchev–Trinajstić information content (AvgIpc) is 2.65. The first-order chi connectivity index (χ1) is 9.82. The number of hydrogen-bond donors (Lipinski definition) is 3. The number of sulfonamides is 1. The van der Waals surface area contributed by atoms with Gasteiger partial charge in [0.15, 0.2) is 0 Å². The normalized spacial score (nSPS) is 19.1. The van der Waals surface area contributed by atoms with Gasteiger partial charge in [-0.25, -0.2) is 17.5 Å². The molecule has 0 aliphatic heterocycles. The summed E-state index contributed by atoms with van der Waals surface area (Å²) in [6, 6.07) is 3.25. The Hall–Kier alpha value is -1.18. The van der Waals surface area contributed by atoms with Gasteiger partial charge in [-0.15, -0.1) is 0 Å². The minimum absolute atomic E-state index is 0.0351. The first-order valence-corrected chi connectivity index (χ1v) is 8.58. The summed E-state index contributed by atoms with van der Waals surface area (Å²) < 4.78 is 39.8. The molecule has 0 bridgehead atoms. The predicted molar refractivity (Wildman–Crippen MR) is 78.7 cm³/mol. The van der Waals surface area contributed by atoms with E-state index in [-0.39, 0.29) is 17.1 Å². The summed E-state index contributed by atoms with van der Waals surface area (Å²) >= 11 is 0. The van der Waals surface area contributed by atoms with Gasteiger partial charge in [-0.05, 0) is 31.0 Å². The van der Waals surface area contributed by atoms with Crippen LogP contribution in [0.5, 0.6) is 0 Å². The van der Waals surface area contributed by atoms with Gasteiger partial charge in [0.25, 0.3) is 0 Å². The maximum Gasteiger partial charge on any atom is 0.240 e. The number of rotatable bonds is 4. The standard InChI is InChI=1S/C14H21FN2O3S/c15-12-6-5-11(9-13(12)16)21(19,20)17-10-14(18)7-3-1-2-4-8-14/h5-6,9,17-18H,1-4,7-8,10,16H2. The van der Waals surface area contributed by atoms with E-state index in [1.165, 1.54) is 0 Å². The van der Waals surface area contributed by atoms with E-state index in [0.29, 0.717) is 12.8 Å². The van der Waals surface area contributed by atoms with Crippen molar-refractivity contribution in [3.05, 3.63) is 24.0 Å². The maximum absolute atomic E-state index is 13.1.